The SMILES string of the molecule is COC1=NC(=O)C(Cc2ccc(OCC3=NC4C=CC=CC4C(=O)N3C)cc2)S1. The first-order valence-electron chi connectivity index (χ1n) is 9.29. The fourth-order valence-electron chi connectivity index (χ4n) is 3.36. The predicted molar refractivity (Wildman–Crippen MR) is 112 cm³/mol. The quantitative estimate of drug-likeness (QED) is 0.742. The van der Waals surface area contributed by atoms with Gasteiger partial charge in [-0.15, -0.1) is 0 Å². The topological polar surface area (TPSA) is 80.6 Å². The minimum Gasteiger partial charge on any atom is -0.486 e. The Hall–Kier alpha value is -2.87. The van der Waals surface area contributed by atoms with Crippen LogP contribution >= 0.6 is 11.8 Å². The Bertz CT molecular complexity index is 936. The lowest BCUT2D eigenvalue weighted by Gasteiger charge is -2.32. The van der Waals surface area contributed by atoms with Crippen LogP contribution in [0.25, 0.3) is 0 Å². The highest BCUT2D eigenvalue weighted by molar-refractivity contribution is 8.15. The van der Waals surface area contributed by atoms with Gasteiger partial charge in [-0.2, -0.15) is 4.99 Å². The van der Waals surface area contributed by atoms with Crippen LogP contribution in [0, 0.1) is 5.92 Å². The average Bonchev–Trinajstić information content (AvgIpc) is 3.10. The first-order valence-corrected chi connectivity index (χ1v) is 10.2. The lowest BCUT2D eigenvalue weighted by atomic mass is 9.92. The van der Waals surface area contributed by atoms with Gasteiger partial charge >= 0.3 is 0 Å². The van der Waals surface area contributed by atoms with E-state index in [4.69, 9.17) is 9.47 Å². The molecule has 150 valence electrons. The van der Waals surface area contributed by atoms with Crippen LogP contribution in [-0.4, -0.2) is 59.8 Å². The zero-order valence-corrected chi connectivity index (χ0v) is 17.0. The number of fused-ring (bicyclic) bond motifs is 1. The summed E-state index contributed by atoms with van der Waals surface area (Å²) in [5, 5.41) is 0.163. The van der Waals surface area contributed by atoms with Gasteiger partial charge in [-0.05, 0) is 24.1 Å². The molecule has 0 saturated heterocycles. The molecule has 3 aliphatic rings. The second kappa shape index (κ2) is 8.24. The molecule has 0 bridgehead atoms. The summed E-state index contributed by atoms with van der Waals surface area (Å²) < 4.78 is 10.9. The second-order valence-corrected chi connectivity index (χ2v) is 8.05. The first-order chi connectivity index (χ1) is 14.0. The fourth-order valence-corrected chi connectivity index (χ4v) is 4.27. The number of likely N-dealkylation sites (N-methyl/N-ethyl adjacent to an activating group) is 1. The first kappa shape index (κ1) is 19.4. The lowest BCUT2D eigenvalue weighted by molar-refractivity contribution is -0.130. The van der Waals surface area contributed by atoms with Gasteiger partial charge in [0.05, 0.1) is 24.3 Å². The summed E-state index contributed by atoms with van der Waals surface area (Å²) in [5.41, 5.74) is 1.01. The second-order valence-electron chi connectivity index (χ2n) is 6.89. The van der Waals surface area contributed by atoms with Gasteiger partial charge < -0.3 is 14.4 Å². The van der Waals surface area contributed by atoms with Crippen molar-refractivity contribution in [2.24, 2.45) is 15.9 Å². The number of aliphatic imine (C=N–C) groups is 2. The van der Waals surface area contributed by atoms with Gasteiger partial charge in [0.2, 0.25) is 5.91 Å². The van der Waals surface area contributed by atoms with Crippen LogP contribution in [-0.2, 0) is 20.7 Å². The van der Waals surface area contributed by atoms with Crippen LogP contribution in [0.1, 0.15) is 5.56 Å². The Morgan fingerprint density at radius 3 is 2.62 bits per heavy atom. The number of carbonyl (C=O) groups is 2. The number of amides is 2. The van der Waals surface area contributed by atoms with E-state index in [1.165, 1.54) is 18.9 Å². The number of hydrogen-bond donors (Lipinski definition) is 0. The van der Waals surface area contributed by atoms with Crippen molar-refractivity contribution in [1.82, 2.24) is 4.90 Å². The highest BCUT2D eigenvalue weighted by atomic mass is 32.2. The van der Waals surface area contributed by atoms with E-state index in [1.807, 2.05) is 48.6 Å². The number of carbonyl (C=O) groups excluding carboxylic acids is 2. The van der Waals surface area contributed by atoms with Crippen LogP contribution in [0.2, 0.25) is 0 Å². The molecule has 0 saturated carbocycles. The Kier molecular flexibility index (Phi) is 5.53. The Morgan fingerprint density at radius 1 is 1.14 bits per heavy atom. The van der Waals surface area contributed by atoms with Crippen LogP contribution < -0.4 is 4.74 Å². The van der Waals surface area contributed by atoms with Crippen molar-refractivity contribution in [2.75, 3.05) is 20.8 Å². The molecule has 1 aromatic carbocycles. The molecule has 0 N–H and O–H groups in total. The number of rotatable bonds is 5. The molecule has 2 aliphatic heterocycles. The number of allylic oxidation sites excluding steroid dienone is 2. The molecule has 8 heteroatoms. The Labute approximate surface area is 173 Å². The van der Waals surface area contributed by atoms with Gasteiger partial charge in [0, 0.05) is 7.05 Å². The van der Waals surface area contributed by atoms with E-state index in [0.29, 0.717) is 23.2 Å². The van der Waals surface area contributed by atoms with Crippen molar-refractivity contribution in [2.45, 2.75) is 17.7 Å². The van der Waals surface area contributed by atoms with E-state index in [2.05, 4.69) is 9.98 Å². The molecule has 0 aromatic heterocycles. The van der Waals surface area contributed by atoms with Crippen LogP contribution in [0.15, 0.2) is 58.6 Å². The molecule has 1 aliphatic carbocycles. The number of hydrogen-bond acceptors (Lipinski definition) is 6. The minimum absolute atomic E-state index is 0.0240. The summed E-state index contributed by atoms with van der Waals surface area (Å²) in [5.74, 6) is 0.915. The largest absolute Gasteiger partial charge is 0.486 e. The van der Waals surface area contributed by atoms with Gasteiger partial charge in [0.1, 0.15) is 18.2 Å². The van der Waals surface area contributed by atoms with Gasteiger partial charge in [-0.1, -0.05) is 48.2 Å². The number of nitrogens with zero attached hydrogens (tertiary/aromatic N) is 3. The summed E-state index contributed by atoms with van der Waals surface area (Å²) in [7, 11) is 3.24. The summed E-state index contributed by atoms with van der Waals surface area (Å²) in [6, 6.07) is 7.40. The normalized spacial score (nSPS) is 25.6. The summed E-state index contributed by atoms with van der Waals surface area (Å²) in [6.45, 7) is 0.213. The highest BCUT2D eigenvalue weighted by Crippen LogP contribution is 2.27. The molecule has 29 heavy (non-hydrogen) atoms. The zero-order valence-electron chi connectivity index (χ0n) is 16.1. The molecule has 2 heterocycles. The summed E-state index contributed by atoms with van der Waals surface area (Å²) in [6.07, 6.45) is 8.19. The maximum Gasteiger partial charge on any atom is 0.263 e. The summed E-state index contributed by atoms with van der Waals surface area (Å²) >= 11 is 1.34. The number of thioether (sulfide) groups is 1. The molecule has 0 radical (unpaired) electrons. The third-order valence-corrected chi connectivity index (χ3v) is 6.13. The number of ether oxygens (including phenoxy) is 2. The molecule has 3 unspecified atom stereocenters. The maximum atomic E-state index is 12.5. The maximum absolute atomic E-state index is 12.5. The van der Waals surface area contributed by atoms with E-state index >= 15 is 0 Å². The van der Waals surface area contributed by atoms with Crippen LogP contribution in [0.5, 0.6) is 5.75 Å². The van der Waals surface area contributed by atoms with Gasteiger partial charge in [0.25, 0.3) is 11.1 Å². The highest BCUT2D eigenvalue weighted by Gasteiger charge is 2.34. The van der Waals surface area contributed by atoms with Gasteiger partial charge in [-0.25, -0.2) is 0 Å². The van der Waals surface area contributed by atoms with Crippen molar-refractivity contribution in [3.05, 3.63) is 54.1 Å². The van der Waals surface area contributed by atoms with Crippen molar-refractivity contribution in [3.63, 3.8) is 0 Å². The average molecular weight is 411 g/mol. The molecule has 4 rings (SSSR count). The smallest absolute Gasteiger partial charge is 0.263 e. The molecular weight excluding hydrogens is 390 g/mol. The van der Waals surface area contributed by atoms with Crippen molar-refractivity contribution >= 4 is 34.6 Å². The molecule has 7 nitrogen and oxygen atoms in total. The Morgan fingerprint density at radius 2 is 1.90 bits per heavy atom. The molecule has 0 fully saturated rings. The predicted octanol–water partition coefficient (Wildman–Crippen LogP) is 2.23. The molecule has 1 aromatic rings. The number of benzene rings is 1. The fraction of sp³-hybridized carbons (Fsp3) is 0.333. The molecule has 2 amide bonds. The van der Waals surface area contributed by atoms with Crippen molar-refractivity contribution < 1.29 is 19.1 Å². The molecular formula is C21H21N3O4S. The number of methoxy groups -OCH3 is 1. The van der Waals surface area contributed by atoms with Gasteiger partial charge in [-0.3, -0.25) is 14.6 Å². The van der Waals surface area contributed by atoms with E-state index in [0.717, 1.165) is 5.56 Å². The standard InChI is InChI=1S/C21H21N3O4S/c1-24-18(22-16-6-4-3-5-15(16)20(24)26)12-28-14-9-7-13(8-10-14)11-17-19(25)23-21(27-2)29-17/h3-10,15-17H,11-12H2,1-2H3. The van der Waals surface area contributed by atoms with E-state index in [1.54, 1.807) is 11.9 Å². The van der Waals surface area contributed by atoms with Crippen molar-refractivity contribution in [1.29, 1.82) is 0 Å². The van der Waals surface area contributed by atoms with E-state index in [9.17, 15) is 9.59 Å². The molecule has 3 atom stereocenters. The third kappa shape index (κ3) is 4.12. The number of amidine groups is 1. The van der Waals surface area contributed by atoms with Gasteiger partial charge in [0.15, 0.2) is 0 Å². The van der Waals surface area contributed by atoms with Crippen LogP contribution in [0.4, 0.5) is 0 Å². The lowest BCUT2D eigenvalue weighted by Crippen LogP contribution is -2.48. The minimum atomic E-state index is -0.251. The van der Waals surface area contributed by atoms with E-state index < -0.39 is 0 Å². The van der Waals surface area contributed by atoms with Crippen molar-refractivity contribution in [3.8, 4) is 5.75 Å². The molecule has 0 spiro atoms. The third-order valence-electron chi connectivity index (χ3n) is 5.01. The Balaban J connectivity index is 1.35. The van der Waals surface area contributed by atoms with Crippen LogP contribution in [0.3, 0.4) is 0 Å². The monoisotopic (exact) mass is 411 g/mol. The summed E-state index contributed by atoms with van der Waals surface area (Å²) in [4.78, 5) is 34.5. The van der Waals surface area contributed by atoms with E-state index in [-0.39, 0.29) is 35.6 Å². The zero-order chi connectivity index (χ0) is 20.4.